The number of ketones is 1. The molecular formula is C22H25NO5. The quantitative estimate of drug-likeness (QED) is 0.525. The second-order valence-corrected chi connectivity index (χ2v) is 6.83. The SMILES string of the molecule is CC(C)CC(=O)Nc1ccc(C(=O)COC(=O)[C@@H](C)Oc2ccccc2)cc1. The standard InChI is InChI=1S/C22H25NO5/c1-15(2)13-21(25)23-18-11-9-17(10-12-18)20(24)14-27-22(26)16(3)28-19-7-5-4-6-8-19/h4-12,15-16H,13-14H2,1-3H3,(H,23,25)/t16-/m1/s1. The Labute approximate surface area is 164 Å². The molecule has 148 valence electrons. The van der Waals surface area contributed by atoms with Gasteiger partial charge in [-0.05, 0) is 49.2 Å². The number of carbonyl (C=O) groups is 3. The van der Waals surface area contributed by atoms with E-state index >= 15 is 0 Å². The Morgan fingerprint density at radius 1 is 0.929 bits per heavy atom. The molecule has 0 aliphatic rings. The van der Waals surface area contributed by atoms with Crippen LogP contribution in [-0.2, 0) is 14.3 Å². The summed E-state index contributed by atoms with van der Waals surface area (Å²) in [6.45, 7) is 5.12. The van der Waals surface area contributed by atoms with Crippen molar-refractivity contribution in [2.75, 3.05) is 11.9 Å². The number of carbonyl (C=O) groups excluding carboxylic acids is 3. The number of hydrogen-bond acceptors (Lipinski definition) is 5. The minimum Gasteiger partial charge on any atom is -0.479 e. The van der Waals surface area contributed by atoms with E-state index in [4.69, 9.17) is 9.47 Å². The number of amides is 1. The van der Waals surface area contributed by atoms with E-state index in [1.54, 1.807) is 55.5 Å². The summed E-state index contributed by atoms with van der Waals surface area (Å²) in [5.41, 5.74) is 1.01. The van der Waals surface area contributed by atoms with E-state index in [1.165, 1.54) is 0 Å². The highest BCUT2D eigenvalue weighted by Gasteiger charge is 2.18. The van der Waals surface area contributed by atoms with Crippen LogP contribution in [0.3, 0.4) is 0 Å². The Morgan fingerprint density at radius 3 is 2.18 bits per heavy atom. The Morgan fingerprint density at radius 2 is 1.57 bits per heavy atom. The Bertz CT molecular complexity index is 799. The third-order valence-corrected chi connectivity index (χ3v) is 3.82. The molecule has 0 fully saturated rings. The first kappa shape index (κ1) is 21.2. The van der Waals surface area contributed by atoms with Crippen molar-refractivity contribution in [3.05, 3.63) is 60.2 Å². The molecule has 1 atom stereocenters. The van der Waals surface area contributed by atoms with Crippen LogP contribution >= 0.6 is 0 Å². The second kappa shape index (κ2) is 10.3. The van der Waals surface area contributed by atoms with Gasteiger partial charge in [-0.15, -0.1) is 0 Å². The van der Waals surface area contributed by atoms with Crippen LogP contribution in [0.15, 0.2) is 54.6 Å². The normalized spacial score (nSPS) is 11.6. The number of ether oxygens (including phenoxy) is 2. The van der Waals surface area contributed by atoms with E-state index < -0.39 is 12.1 Å². The number of rotatable bonds is 9. The summed E-state index contributed by atoms with van der Waals surface area (Å²) in [5.74, 6) is -0.206. The first-order valence-corrected chi connectivity index (χ1v) is 9.16. The van der Waals surface area contributed by atoms with Crippen LogP contribution in [-0.4, -0.2) is 30.4 Å². The summed E-state index contributed by atoms with van der Waals surface area (Å²) in [5, 5.41) is 2.78. The van der Waals surface area contributed by atoms with Crippen molar-refractivity contribution >= 4 is 23.3 Å². The van der Waals surface area contributed by atoms with Gasteiger partial charge in [-0.1, -0.05) is 32.0 Å². The number of nitrogens with one attached hydrogen (secondary N) is 1. The molecule has 0 saturated carbocycles. The van der Waals surface area contributed by atoms with Crippen molar-refractivity contribution in [1.29, 1.82) is 0 Å². The van der Waals surface area contributed by atoms with E-state index in [2.05, 4.69) is 5.32 Å². The summed E-state index contributed by atoms with van der Waals surface area (Å²) >= 11 is 0. The number of para-hydroxylation sites is 1. The molecular weight excluding hydrogens is 358 g/mol. The largest absolute Gasteiger partial charge is 0.479 e. The van der Waals surface area contributed by atoms with Crippen LogP contribution in [0.4, 0.5) is 5.69 Å². The zero-order valence-corrected chi connectivity index (χ0v) is 16.3. The minimum absolute atomic E-state index is 0.0737. The molecule has 0 unspecified atom stereocenters. The van der Waals surface area contributed by atoms with Gasteiger partial charge in [-0.3, -0.25) is 9.59 Å². The Hall–Kier alpha value is -3.15. The molecule has 0 spiro atoms. The van der Waals surface area contributed by atoms with E-state index in [9.17, 15) is 14.4 Å². The van der Waals surface area contributed by atoms with Gasteiger partial charge in [-0.2, -0.15) is 0 Å². The number of Topliss-reactive ketones (excluding diaryl/α,β-unsaturated/α-hetero) is 1. The van der Waals surface area contributed by atoms with E-state index in [1.807, 2.05) is 19.9 Å². The molecule has 2 aromatic carbocycles. The summed E-state index contributed by atoms with van der Waals surface area (Å²) in [4.78, 5) is 36.0. The average molecular weight is 383 g/mol. The van der Waals surface area contributed by atoms with Crippen LogP contribution in [0.5, 0.6) is 5.75 Å². The fraction of sp³-hybridized carbons (Fsp3) is 0.318. The summed E-state index contributed by atoms with van der Waals surface area (Å²) in [6, 6.07) is 15.4. The topological polar surface area (TPSA) is 81.7 Å². The lowest BCUT2D eigenvalue weighted by Gasteiger charge is -2.13. The predicted molar refractivity (Wildman–Crippen MR) is 106 cm³/mol. The van der Waals surface area contributed by atoms with Gasteiger partial charge < -0.3 is 14.8 Å². The van der Waals surface area contributed by atoms with Gasteiger partial charge in [-0.25, -0.2) is 4.79 Å². The molecule has 0 radical (unpaired) electrons. The summed E-state index contributed by atoms with van der Waals surface area (Å²) in [7, 11) is 0. The van der Waals surface area contributed by atoms with Crippen LogP contribution in [0.2, 0.25) is 0 Å². The zero-order valence-electron chi connectivity index (χ0n) is 16.3. The van der Waals surface area contributed by atoms with Gasteiger partial charge in [0.25, 0.3) is 0 Å². The minimum atomic E-state index is -0.825. The highest BCUT2D eigenvalue weighted by Crippen LogP contribution is 2.13. The van der Waals surface area contributed by atoms with Crippen molar-refractivity contribution < 1.29 is 23.9 Å². The summed E-state index contributed by atoms with van der Waals surface area (Å²) < 4.78 is 10.5. The highest BCUT2D eigenvalue weighted by molar-refractivity contribution is 5.99. The van der Waals surface area contributed by atoms with Crippen LogP contribution < -0.4 is 10.1 Å². The van der Waals surface area contributed by atoms with Gasteiger partial charge in [0.2, 0.25) is 5.91 Å². The van der Waals surface area contributed by atoms with Crippen LogP contribution in [0.1, 0.15) is 37.6 Å². The molecule has 0 saturated heterocycles. The van der Waals surface area contributed by atoms with Gasteiger partial charge in [0, 0.05) is 17.7 Å². The van der Waals surface area contributed by atoms with E-state index in [0.29, 0.717) is 23.4 Å². The predicted octanol–water partition coefficient (Wildman–Crippen LogP) is 3.86. The molecule has 0 aliphatic heterocycles. The molecule has 2 rings (SSSR count). The average Bonchev–Trinajstić information content (AvgIpc) is 2.66. The van der Waals surface area contributed by atoms with Crippen LogP contribution in [0, 0.1) is 5.92 Å². The van der Waals surface area contributed by atoms with Gasteiger partial charge in [0.15, 0.2) is 18.5 Å². The number of anilines is 1. The highest BCUT2D eigenvalue weighted by atomic mass is 16.6. The number of benzene rings is 2. The van der Waals surface area contributed by atoms with Crippen molar-refractivity contribution in [3.8, 4) is 5.75 Å². The molecule has 1 amide bonds. The van der Waals surface area contributed by atoms with E-state index in [-0.39, 0.29) is 24.2 Å². The lowest BCUT2D eigenvalue weighted by molar-refractivity contribution is -0.149. The lowest BCUT2D eigenvalue weighted by atomic mass is 10.1. The molecule has 1 N–H and O–H groups in total. The fourth-order valence-corrected chi connectivity index (χ4v) is 2.41. The smallest absolute Gasteiger partial charge is 0.347 e. The lowest BCUT2D eigenvalue weighted by Crippen LogP contribution is -2.28. The third kappa shape index (κ3) is 6.87. The zero-order chi connectivity index (χ0) is 20.5. The maximum absolute atomic E-state index is 12.2. The maximum atomic E-state index is 12.2. The molecule has 0 aliphatic carbocycles. The molecule has 0 bridgehead atoms. The van der Waals surface area contributed by atoms with Gasteiger partial charge in [0.05, 0.1) is 0 Å². The second-order valence-electron chi connectivity index (χ2n) is 6.83. The van der Waals surface area contributed by atoms with Crippen molar-refractivity contribution in [2.24, 2.45) is 5.92 Å². The van der Waals surface area contributed by atoms with Crippen LogP contribution in [0.25, 0.3) is 0 Å². The number of esters is 1. The van der Waals surface area contributed by atoms with Gasteiger partial charge >= 0.3 is 5.97 Å². The maximum Gasteiger partial charge on any atom is 0.347 e. The van der Waals surface area contributed by atoms with Crippen molar-refractivity contribution in [3.63, 3.8) is 0 Å². The third-order valence-electron chi connectivity index (χ3n) is 3.82. The molecule has 0 aromatic heterocycles. The van der Waals surface area contributed by atoms with Crippen molar-refractivity contribution in [1.82, 2.24) is 0 Å². The fourth-order valence-electron chi connectivity index (χ4n) is 2.41. The Kier molecular flexibility index (Phi) is 7.75. The molecule has 28 heavy (non-hydrogen) atoms. The summed E-state index contributed by atoms with van der Waals surface area (Å²) in [6.07, 6.45) is -0.395. The first-order valence-electron chi connectivity index (χ1n) is 9.16. The van der Waals surface area contributed by atoms with Gasteiger partial charge in [0.1, 0.15) is 5.75 Å². The number of hydrogen-bond donors (Lipinski definition) is 1. The molecule has 0 heterocycles. The van der Waals surface area contributed by atoms with Crippen molar-refractivity contribution in [2.45, 2.75) is 33.3 Å². The molecule has 6 nitrogen and oxygen atoms in total. The molecule has 2 aromatic rings. The monoisotopic (exact) mass is 383 g/mol. The molecule has 6 heteroatoms. The first-order chi connectivity index (χ1) is 13.3. The Balaban J connectivity index is 1.82. The van der Waals surface area contributed by atoms with E-state index in [0.717, 1.165) is 0 Å².